The molecule has 2 atom stereocenters. The number of nitrogens with zero attached hydrogens (tertiary/aromatic N) is 2. The van der Waals surface area contributed by atoms with E-state index in [-0.39, 0.29) is 0 Å². The van der Waals surface area contributed by atoms with E-state index in [0.717, 1.165) is 26.1 Å². The molecule has 0 radical (unpaired) electrons. The Morgan fingerprint density at radius 2 is 2.44 bits per heavy atom. The molecule has 0 bridgehead atoms. The summed E-state index contributed by atoms with van der Waals surface area (Å²) in [6.07, 6.45) is 9.15. The van der Waals surface area contributed by atoms with Crippen LogP contribution in [0.3, 0.4) is 0 Å². The van der Waals surface area contributed by atoms with E-state index >= 15 is 0 Å². The molecule has 1 aliphatic rings. The lowest BCUT2D eigenvalue weighted by atomic mass is 10.1. The monoisotopic (exact) mass is 251 g/mol. The summed E-state index contributed by atoms with van der Waals surface area (Å²) < 4.78 is 7.67. The Kier molecular flexibility index (Phi) is 5.20. The summed E-state index contributed by atoms with van der Waals surface area (Å²) in [6.45, 7) is 7.28. The Hall–Kier alpha value is -0.870. The van der Waals surface area contributed by atoms with Gasteiger partial charge in [0.05, 0.1) is 18.8 Å². The van der Waals surface area contributed by atoms with Gasteiger partial charge in [0.2, 0.25) is 0 Å². The van der Waals surface area contributed by atoms with Crippen LogP contribution in [0.5, 0.6) is 0 Å². The van der Waals surface area contributed by atoms with Crippen molar-refractivity contribution in [3.05, 3.63) is 18.0 Å². The fraction of sp³-hybridized carbons (Fsp3) is 0.786. The van der Waals surface area contributed by atoms with Crippen LogP contribution in [-0.4, -0.2) is 29.0 Å². The van der Waals surface area contributed by atoms with Crippen LogP contribution in [0.25, 0.3) is 0 Å². The summed E-state index contributed by atoms with van der Waals surface area (Å²) in [7, 11) is 0. The standard InChI is InChI=1S/C14H25N3O/c1-3-7-15-14(4-2)12-9-16-17(10-12)11-13-6-5-8-18-13/h9-10,13-15H,3-8,11H2,1-2H3. The van der Waals surface area contributed by atoms with Crippen LogP contribution >= 0.6 is 0 Å². The molecule has 1 N–H and O–H groups in total. The molecular weight excluding hydrogens is 226 g/mol. The molecule has 2 rings (SSSR count). The molecule has 1 aliphatic heterocycles. The summed E-state index contributed by atoms with van der Waals surface area (Å²) in [4.78, 5) is 0. The van der Waals surface area contributed by atoms with E-state index in [1.165, 1.54) is 24.8 Å². The molecule has 2 heterocycles. The van der Waals surface area contributed by atoms with Crippen molar-refractivity contribution in [2.45, 2.75) is 58.2 Å². The first-order valence-corrected chi connectivity index (χ1v) is 7.20. The highest BCUT2D eigenvalue weighted by molar-refractivity contribution is 5.10. The van der Waals surface area contributed by atoms with Gasteiger partial charge in [0.15, 0.2) is 0 Å². The summed E-state index contributed by atoms with van der Waals surface area (Å²) >= 11 is 0. The molecule has 0 saturated carbocycles. The fourth-order valence-electron chi connectivity index (χ4n) is 2.47. The second-order valence-electron chi connectivity index (χ2n) is 5.05. The predicted octanol–water partition coefficient (Wildman–Crippen LogP) is 2.51. The molecule has 0 amide bonds. The highest BCUT2D eigenvalue weighted by Gasteiger charge is 2.17. The lowest BCUT2D eigenvalue weighted by molar-refractivity contribution is 0.0940. The quantitative estimate of drug-likeness (QED) is 0.809. The van der Waals surface area contributed by atoms with Crippen LogP contribution < -0.4 is 5.32 Å². The van der Waals surface area contributed by atoms with E-state index in [2.05, 4.69) is 30.5 Å². The van der Waals surface area contributed by atoms with Gasteiger partial charge in [-0.25, -0.2) is 0 Å². The van der Waals surface area contributed by atoms with Crippen molar-refractivity contribution >= 4 is 0 Å². The minimum atomic E-state index is 0.362. The van der Waals surface area contributed by atoms with Gasteiger partial charge in [-0.05, 0) is 32.2 Å². The van der Waals surface area contributed by atoms with Crippen LogP contribution in [-0.2, 0) is 11.3 Å². The number of aromatic nitrogens is 2. The Balaban J connectivity index is 1.90. The number of hydrogen-bond acceptors (Lipinski definition) is 3. The van der Waals surface area contributed by atoms with Gasteiger partial charge >= 0.3 is 0 Å². The van der Waals surface area contributed by atoms with Crippen molar-refractivity contribution in [1.82, 2.24) is 15.1 Å². The number of hydrogen-bond donors (Lipinski definition) is 1. The van der Waals surface area contributed by atoms with Crippen molar-refractivity contribution < 1.29 is 4.74 Å². The highest BCUT2D eigenvalue weighted by Crippen LogP contribution is 2.18. The minimum absolute atomic E-state index is 0.362. The maximum atomic E-state index is 5.64. The molecule has 1 fully saturated rings. The first-order valence-electron chi connectivity index (χ1n) is 7.20. The van der Waals surface area contributed by atoms with Gasteiger partial charge in [-0.15, -0.1) is 0 Å². The number of rotatable bonds is 7. The minimum Gasteiger partial charge on any atom is -0.376 e. The average Bonchev–Trinajstić information content (AvgIpc) is 3.03. The van der Waals surface area contributed by atoms with Gasteiger partial charge in [0.25, 0.3) is 0 Å². The summed E-state index contributed by atoms with van der Waals surface area (Å²) in [6, 6.07) is 0.434. The Labute approximate surface area is 110 Å². The molecule has 0 aliphatic carbocycles. The van der Waals surface area contributed by atoms with Crippen LogP contribution in [0.4, 0.5) is 0 Å². The third kappa shape index (κ3) is 3.56. The van der Waals surface area contributed by atoms with Gasteiger partial charge in [-0.1, -0.05) is 13.8 Å². The predicted molar refractivity (Wildman–Crippen MR) is 72.5 cm³/mol. The molecule has 4 heteroatoms. The molecule has 2 unspecified atom stereocenters. The topological polar surface area (TPSA) is 39.1 Å². The summed E-state index contributed by atoms with van der Waals surface area (Å²) in [5.41, 5.74) is 1.30. The Morgan fingerprint density at radius 3 is 3.11 bits per heavy atom. The van der Waals surface area contributed by atoms with Crippen LogP contribution in [0.2, 0.25) is 0 Å². The normalized spacial score (nSPS) is 21.3. The molecule has 1 aromatic heterocycles. The van der Waals surface area contributed by atoms with Gasteiger partial charge in [0, 0.05) is 24.4 Å². The molecule has 1 saturated heterocycles. The third-order valence-electron chi connectivity index (χ3n) is 3.52. The van der Waals surface area contributed by atoms with E-state index < -0.39 is 0 Å². The Morgan fingerprint density at radius 1 is 1.56 bits per heavy atom. The van der Waals surface area contributed by atoms with Crippen molar-refractivity contribution in [3.8, 4) is 0 Å². The van der Waals surface area contributed by atoms with E-state index in [9.17, 15) is 0 Å². The number of ether oxygens (including phenoxy) is 1. The van der Waals surface area contributed by atoms with E-state index in [0.29, 0.717) is 12.1 Å². The average molecular weight is 251 g/mol. The van der Waals surface area contributed by atoms with E-state index in [4.69, 9.17) is 4.74 Å². The molecular formula is C14H25N3O. The molecule has 102 valence electrons. The zero-order chi connectivity index (χ0) is 12.8. The van der Waals surface area contributed by atoms with E-state index in [1.54, 1.807) is 0 Å². The van der Waals surface area contributed by atoms with E-state index in [1.807, 2.05) is 10.9 Å². The van der Waals surface area contributed by atoms with Gasteiger partial charge in [0.1, 0.15) is 0 Å². The van der Waals surface area contributed by atoms with Gasteiger partial charge < -0.3 is 10.1 Å². The largest absolute Gasteiger partial charge is 0.376 e. The van der Waals surface area contributed by atoms with Crippen molar-refractivity contribution in [3.63, 3.8) is 0 Å². The van der Waals surface area contributed by atoms with Gasteiger partial charge in [-0.3, -0.25) is 4.68 Å². The Bertz CT molecular complexity index is 345. The smallest absolute Gasteiger partial charge is 0.0771 e. The first kappa shape index (κ1) is 13.6. The second kappa shape index (κ2) is 6.90. The van der Waals surface area contributed by atoms with Crippen molar-refractivity contribution in [1.29, 1.82) is 0 Å². The van der Waals surface area contributed by atoms with Gasteiger partial charge in [-0.2, -0.15) is 5.10 Å². The maximum Gasteiger partial charge on any atom is 0.0771 e. The zero-order valence-electron chi connectivity index (χ0n) is 11.6. The third-order valence-corrected chi connectivity index (χ3v) is 3.52. The summed E-state index contributed by atoms with van der Waals surface area (Å²) in [5.74, 6) is 0. The molecule has 0 aromatic carbocycles. The van der Waals surface area contributed by atoms with Crippen LogP contribution in [0.15, 0.2) is 12.4 Å². The molecule has 4 nitrogen and oxygen atoms in total. The van der Waals surface area contributed by atoms with Crippen LogP contribution in [0.1, 0.15) is 51.1 Å². The summed E-state index contributed by atoms with van der Waals surface area (Å²) in [5, 5.41) is 8.01. The lowest BCUT2D eigenvalue weighted by Crippen LogP contribution is -2.21. The lowest BCUT2D eigenvalue weighted by Gasteiger charge is -2.14. The SMILES string of the molecule is CCCNC(CC)c1cnn(CC2CCCO2)c1. The van der Waals surface area contributed by atoms with Crippen molar-refractivity contribution in [2.24, 2.45) is 0 Å². The fourth-order valence-corrected chi connectivity index (χ4v) is 2.47. The molecule has 0 spiro atoms. The highest BCUT2D eigenvalue weighted by atomic mass is 16.5. The first-order chi connectivity index (χ1) is 8.83. The molecule has 1 aromatic rings. The zero-order valence-corrected chi connectivity index (χ0v) is 11.6. The van der Waals surface area contributed by atoms with Crippen molar-refractivity contribution in [2.75, 3.05) is 13.2 Å². The number of nitrogens with one attached hydrogen (secondary N) is 1. The second-order valence-corrected chi connectivity index (χ2v) is 5.05. The van der Waals surface area contributed by atoms with Crippen LogP contribution in [0, 0.1) is 0 Å². The molecule has 18 heavy (non-hydrogen) atoms. The maximum absolute atomic E-state index is 5.64.